The minimum atomic E-state index is -1.10. The van der Waals surface area contributed by atoms with Gasteiger partial charge in [-0.15, -0.1) is 0 Å². The second-order valence-electron chi connectivity index (χ2n) is 4.42. The Morgan fingerprint density at radius 2 is 2.29 bits per heavy atom. The fraction of sp³-hybridized carbons (Fsp3) is 0.818. The van der Waals surface area contributed by atoms with E-state index in [4.69, 9.17) is 5.11 Å². The van der Waals surface area contributed by atoms with Gasteiger partial charge in [-0.3, -0.25) is 9.63 Å². The molecule has 1 rings (SSSR count). The maximum Gasteiger partial charge on any atom is 0.332 e. The molecule has 98 valence electrons. The lowest BCUT2D eigenvalue weighted by Gasteiger charge is -2.35. The van der Waals surface area contributed by atoms with Gasteiger partial charge < -0.3 is 10.4 Å². The molecule has 0 aromatic heterocycles. The van der Waals surface area contributed by atoms with E-state index in [0.717, 1.165) is 32.2 Å². The van der Waals surface area contributed by atoms with Crippen LogP contribution in [0.4, 0.5) is 0 Å². The van der Waals surface area contributed by atoms with Crippen molar-refractivity contribution in [3.8, 4) is 0 Å². The minimum Gasteiger partial charge on any atom is -0.479 e. The van der Waals surface area contributed by atoms with Crippen molar-refractivity contribution >= 4 is 11.9 Å². The lowest BCUT2D eigenvalue weighted by Crippen LogP contribution is -2.50. The van der Waals surface area contributed by atoms with E-state index in [0.29, 0.717) is 6.54 Å². The van der Waals surface area contributed by atoms with Crippen LogP contribution in [0.1, 0.15) is 32.6 Å². The molecule has 0 spiro atoms. The number of amides is 1. The molecule has 0 radical (unpaired) electrons. The van der Waals surface area contributed by atoms with E-state index in [-0.39, 0.29) is 5.91 Å². The molecule has 1 amide bonds. The molecule has 0 bridgehead atoms. The molecule has 1 saturated heterocycles. The molecule has 0 aromatic rings. The lowest BCUT2D eigenvalue weighted by atomic mass is 9.76. The van der Waals surface area contributed by atoms with E-state index in [2.05, 4.69) is 15.6 Å². The van der Waals surface area contributed by atoms with Crippen molar-refractivity contribution < 1.29 is 19.5 Å². The number of hydrogen-bond donors (Lipinski definition) is 3. The van der Waals surface area contributed by atoms with E-state index in [1.54, 1.807) is 0 Å². The van der Waals surface area contributed by atoms with Gasteiger partial charge in [-0.25, -0.2) is 10.3 Å². The van der Waals surface area contributed by atoms with Gasteiger partial charge in [0.05, 0.1) is 5.41 Å². The van der Waals surface area contributed by atoms with Crippen LogP contribution < -0.4 is 10.8 Å². The molecule has 1 unspecified atom stereocenters. The molecule has 17 heavy (non-hydrogen) atoms. The third-order valence-corrected chi connectivity index (χ3v) is 3.04. The SMILES string of the molecule is CCCC1(C(=O)NOCC(=O)O)CCCNC1. The summed E-state index contributed by atoms with van der Waals surface area (Å²) in [5.41, 5.74) is 1.80. The van der Waals surface area contributed by atoms with E-state index in [1.165, 1.54) is 0 Å². The Morgan fingerprint density at radius 1 is 1.53 bits per heavy atom. The molecule has 0 aromatic carbocycles. The fourth-order valence-corrected chi connectivity index (χ4v) is 2.24. The summed E-state index contributed by atoms with van der Waals surface area (Å²) in [5.74, 6) is -1.32. The van der Waals surface area contributed by atoms with Crippen molar-refractivity contribution in [2.75, 3.05) is 19.7 Å². The molecule has 1 fully saturated rings. The molecule has 1 aliphatic rings. The van der Waals surface area contributed by atoms with Crippen LogP contribution in [0.5, 0.6) is 0 Å². The van der Waals surface area contributed by atoms with Crippen LogP contribution >= 0.6 is 0 Å². The predicted octanol–water partition coefficient (Wildman–Crippen LogP) is 0.289. The summed E-state index contributed by atoms with van der Waals surface area (Å²) < 4.78 is 0. The maximum absolute atomic E-state index is 12.0. The first-order chi connectivity index (χ1) is 8.10. The number of piperidine rings is 1. The number of carbonyl (C=O) groups is 2. The quantitative estimate of drug-likeness (QED) is 0.584. The molecule has 6 heteroatoms. The van der Waals surface area contributed by atoms with Crippen molar-refractivity contribution in [2.24, 2.45) is 5.41 Å². The van der Waals surface area contributed by atoms with E-state index in [9.17, 15) is 9.59 Å². The van der Waals surface area contributed by atoms with Crippen molar-refractivity contribution in [3.63, 3.8) is 0 Å². The van der Waals surface area contributed by atoms with E-state index >= 15 is 0 Å². The Hall–Kier alpha value is -1.14. The summed E-state index contributed by atoms with van der Waals surface area (Å²) >= 11 is 0. The molecule has 0 aliphatic carbocycles. The van der Waals surface area contributed by atoms with Gasteiger partial charge in [0.1, 0.15) is 0 Å². The van der Waals surface area contributed by atoms with Crippen molar-refractivity contribution in [2.45, 2.75) is 32.6 Å². The summed E-state index contributed by atoms with van der Waals surface area (Å²) in [6.07, 6.45) is 3.46. The third-order valence-electron chi connectivity index (χ3n) is 3.04. The Kier molecular flexibility index (Phi) is 5.37. The summed E-state index contributed by atoms with van der Waals surface area (Å²) in [4.78, 5) is 27.0. The first kappa shape index (κ1) is 13.9. The minimum absolute atomic E-state index is 0.215. The van der Waals surface area contributed by atoms with Crippen LogP contribution in [-0.2, 0) is 14.4 Å². The van der Waals surface area contributed by atoms with Gasteiger partial charge in [0.2, 0.25) is 0 Å². The van der Waals surface area contributed by atoms with Gasteiger partial charge in [0.25, 0.3) is 5.91 Å². The molecule has 6 nitrogen and oxygen atoms in total. The average molecular weight is 244 g/mol. The predicted molar refractivity (Wildman–Crippen MR) is 61.2 cm³/mol. The number of carbonyl (C=O) groups excluding carboxylic acids is 1. The zero-order valence-corrected chi connectivity index (χ0v) is 10.1. The molecule has 0 saturated carbocycles. The third kappa shape index (κ3) is 3.98. The van der Waals surface area contributed by atoms with Gasteiger partial charge in [-0.1, -0.05) is 13.3 Å². The summed E-state index contributed by atoms with van der Waals surface area (Å²) in [5, 5.41) is 11.6. The second kappa shape index (κ2) is 6.56. The number of rotatable bonds is 6. The van der Waals surface area contributed by atoms with Crippen LogP contribution in [0.3, 0.4) is 0 Å². The molecular weight excluding hydrogens is 224 g/mol. The number of carboxylic acid groups (broad SMARTS) is 1. The number of hydroxylamine groups is 1. The normalized spacial score (nSPS) is 24.3. The monoisotopic (exact) mass is 244 g/mol. The van der Waals surface area contributed by atoms with Crippen LogP contribution in [0, 0.1) is 5.41 Å². The second-order valence-corrected chi connectivity index (χ2v) is 4.42. The van der Waals surface area contributed by atoms with Crippen LogP contribution in [0.25, 0.3) is 0 Å². The lowest BCUT2D eigenvalue weighted by molar-refractivity contribution is -0.154. The first-order valence-electron chi connectivity index (χ1n) is 5.95. The standard InChI is InChI=1S/C11H20N2O4/c1-2-4-11(5-3-6-12-8-11)10(16)13-17-7-9(14)15/h12H,2-8H2,1H3,(H,13,16)(H,14,15). The Morgan fingerprint density at radius 3 is 2.82 bits per heavy atom. The first-order valence-corrected chi connectivity index (χ1v) is 5.95. The topological polar surface area (TPSA) is 87.7 Å². The van der Waals surface area contributed by atoms with Crippen LogP contribution in [0.2, 0.25) is 0 Å². The number of aliphatic carboxylic acids is 1. The number of nitrogens with one attached hydrogen (secondary N) is 2. The van der Waals surface area contributed by atoms with E-state index < -0.39 is 18.0 Å². The maximum atomic E-state index is 12.0. The number of carboxylic acids is 1. The van der Waals surface area contributed by atoms with E-state index in [1.807, 2.05) is 6.92 Å². The van der Waals surface area contributed by atoms with Gasteiger partial charge in [-0.05, 0) is 25.8 Å². The molecule has 1 atom stereocenters. The van der Waals surface area contributed by atoms with Crippen molar-refractivity contribution in [1.82, 2.24) is 10.8 Å². The zero-order valence-electron chi connectivity index (χ0n) is 10.1. The highest BCUT2D eigenvalue weighted by atomic mass is 16.7. The molecule has 1 heterocycles. The van der Waals surface area contributed by atoms with Crippen molar-refractivity contribution in [3.05, 3.63) is 0 Å². The van der Waals surface area contributed by atoms with Crippen LogP contribution in [0.15, 0.2) is 0 Å². The smallest absolute Gasteiger partial charge is 0.332 e. The Bertz CT molecular complexity index is 269. The molecule has 3 N–H and O–H groups in total. The highest BCUT2D eigenvalue weighted by Gasteiger charge is 2.38. The summed E-state index contributed by atoms with van der Waals surface area (Å²) in [7, 11) is 0. The van der Waals surface area contributed by atoms with Gasteiger partial charge in [0.15, 0.2) is 6.61 Å². The Balaban J connectivity index is 2.50. The highest BCUT2D eigenvalue weighted by Crippen LogP contribution is 2.31. The fourth-order valence-electron chi connectivity index (χ4n) is 2.24. The van der Waals surface area contributed by atoms with Gasteiger partial charge >= 0.3 is 5.97 Å². The van der Waals surface area contributed by atoms with Gasteiger partial charge in [0, 0.05) is 6.54 Å². The zero-order chi connectivity index (χ0) is 12.7. The summed E-state index contributed by atoms with van der Waals surface area (Å²) in [6, 6.07) is 0. The van der Waals surface area contributed by atoms with Crippen LogP contribution in [-0.4, -0.2) is 36.7 Å². The number of hydrogen-bond acceptors (Lipinski definition) is 4. The molecule has 1 aliphatic heterocycles. The average Bonchev–Trinajstić information content (AvgIpc) is 2.30. The summed E-state index contributed by atoms with van der Waals surface area (Å²) in [6.45, 7) is 3.07. The largest absolute Gasteiger partial charge is 0.479 e. The Labute approximate surface area is 101 Å². The highest BCUT2D eigenvalue weighted by molar-refractivity contribution is 5.82. The van der Waals surface area contributed by atoms with Gasteiger partial charge in [-0.2, -0.15) is 0 Å². The van der Waals surface area contributed by atoms with Crippen molar-refractivity contribution in [1.29, 1.82) is 0 Å². The molecular formula is C11H20N2O4.